The van der Waals surface area contributed by atoms with E-state index < -0.39 is 0 Å². The number of hydrogen-bond donors (Lipinski definition) is 0. The Hall–Kier alpha value is -2.08. The second-order valence-corrected chi connectivity index (χ2v) is 4.33. The van der Waals surface area contributed by atoms with Crippen molar-refractivity contribution in [3.8, 4) is 0 Å². The van der Waals surface area contributed by atoms with Crippen LogP contribution < -0.4 is 0 Å². The summed E-state index contributed by atoms with van der Waals surface area (Å²) in [5.41, 5.74) is 3.97. The van der Waals surface area contributed by atoms with Gasteiger partial charge in [0.05, 0.1) is 0 Å². The third kappa shape index (κ3) is 1.72. The third-order valence-corrected chi connectivity index (χ3v) is 3.29. The van der Waals surface area contributed by atoms with Gasteiger partial charge in [0, 0.05) is 0 Å². The summed E-state index contributed by atoms with van der Waals surface area (Å²) in [6.45, 7) is 2.19. The van der Waals surface area contributed by atoms with E-state index in [1.165, 1.54) is 27.5 Å². The van der Waals surface area contributed by atoms with Crippen molar-refractivity contribution in [3.05, 3.63) is 77.9 Å². The summed E-state index contributed by atoms with van der Waals surface area (Å²) in [6.07, 6.45) is 8.50. The van der Waals surface area contributed by atoms with Crippen molar-refractivity contribution < 1.29 is 0 Å². The molecule has 1 aliphatic carbocycles. The van der Waals surface area contributed by atoms with E-state index in [0.29, 0.717) is 0 Å². The lowest BCUT2D eigenvalue weighted by Crippen LogP contribution is -1.85. The highest BCUT2D eigenvalue weighted by molar-refractivity contribution is 5.95. The van der Waals surface area contributed by atoms with Crippen LogP contribution in [-0.4, -0.2) is 0 Å². The zero-order valence-electron chi connectivity index (χ0n) is 9.85. The lowest BCUT2D eigenvalue weighted by atomic mass is 9.96. The Morgan fingerprint density at radius 3 is 2.35 bits per heavy atom. The van der Waals surface area contributed by atoms with Gasteiger partial charge in [0.25, 0.3) is 0 Å². The molecule has 0 nitrogen and oxygen atoms in total. The monoisotopic (exact) mass is 218 g/mol. The van der Waals surface area contributed by atoms with E-state index in [1.807, 2.05) is 0 Å². The fourth-order valence-corrected chi connectivity index (χ4v) is 2.33. The molecule has 0 heteroatoms. The highest BCUT2D eigenvalue weighted by atomic mass is 14.1. The number of hydrogen-bond acceptors (Lipinski definition) is 0. The fraction of sp³-hybridized carbons (Fsp3) is 0.0588. The van der Waals surface area contributed by atoms with Gasteiger partial charge in [-0.3, -0.25) is 0 Å². The van der Waals surface area contributed by atoms with Gasteiger partial charge in [-0.1, -0.05) is 66.8 Å². The summed E-state index contributed by atoms with van der Waals surface area (Å²) in [4.78, 5) is 0. The van der Waals surface area contributed by atoms with Crippen molar-refractivity contribution in [2.45, 2.75) is 6.92 Å². The third-order valence-electron chi connectivity index (χ3n) is 3.29. The molecular formula is C17H14. The molecule has 0 aliphatic heterocycles. The molecule has 0 aromatic heterocycles. The minimum atomic E-state index is 1.30. The van der Waals surface area contributed by atoms with Gasteiger partial charge in [0.2, 0.25) is 0 Å². The number of rotatable bonds is 1. The Morgan fingerprint density at radius 2 is 1.53 bits per heavy atom. The van der Waals surface area contributed by atoms with Gasteiger partial charge >= 0.3 is 0 Å². The van der Waals surface area contributed by atoms with Gasteiger partial charge in [-0.2, -0.15) is 0 Å². The molecule has 0 radical (unpaired) electrons. The maximum Gasteiger partial charge on any atom is -0.0109 e. The first-order chi connectivity index (χ1) is 8.36. The van der Waals surface area contributed by atoms with Crippen molar-refractivity contribution in [1.82, 2.24) is 0 Å². The molecule has 1 aliphatic rings. The average Bonchev–Trinajstić information content (AvgIpc) is 2.91. The Balaban J connectivity index is 2.28. The molecule has 0 heterocycles. The van der Waals surface area contributed by atoms with E-state index >= 15 is 0 Å². The largest absolute Gasteiger partial charge is 0.0616 e. The van der Waals surface area contributed by atoms with Gasteiger partial charge < -0.3 is 0 Å². The number of benzene rings is 2. The normalized spacial score (nSPS) is 13.6. The molecule has 82 valence electrons. The minimum absolute atomic E-state index is 1.30. The van der Waals surface area contributed by atoms with Crippen LogP contribution in [-0.2, 0) is 0 Å². The van der Waals surface area contributed by atoms with E-state index in [0.717, 1.165) is 0 Å². The van der Waals surface area contributed by atoms with Gasteiger partial charge in [-0.25, -0.2) is 0 Å². The fourth-order valence-electron chi connectivity index (χ4n) is 2.33. The van der Waals surface area contributed by atoms with Crippen LogP contribution in [0.5, 0.6) is 0 Å². The first-order valence-electron chi connectivity index (χ1n) is 5.90. The maximum absolute atomic E-state index is 2.20. The average molecular weight is 218 g/mol. The van der Waals surface area contributed by atoms with Gasteiger partial charge in [0.15, 0.2) is 0 Å². The van der Waals surface area contributed by atoms with Crippen LogP contribution in [0.2, 0.25) is 0 Å². The van der Waals surface area contributed by atoms with E-state index in [2.05, 4.69) is 73.7 Å². The summed E-state index contributed by atoms with van der Waals surface area (Å²) < 4.78 is 0. The van der Waals surface area contributed by atoms with E-state index in [4.69, 9.17) is 0 Å². The molecule has 0 saturated carbocycles. The first-order valence-corrected chi connectivity index (χ1v) is 5.90. The predicted molar refractivity (Wildman–Crippen MR) is 74.8 cm³/mol. The standard InChI is InChI=1S/C17H14/c1-13(14-7-2-3-8-14)16-12-6-10-15-9-4-5-11-17(15)16/h2-12H,1H3. The molecule has 2 aromatic rings. The molecule has 3 rings (SSSR count). The molecule has 0 spiro atoms. The van der Waals surface area contributed by atoms with Gasteiger partial charge in [0.1, 0.15) is 0 Å². The lowest BCUT2D eigenvalue weighted by molar-refractivity contribution is 1.58. The molecule has 0 fully saturated rings. The van der Waals surface area contributed by atoms with Crippen molar-refractivity contribution in [2.24, 2.45) is 0 Å². The van der Waals surface area contributed by atoms with Crippen LogP contribution in [0.15, 0.2) is 72.3 Å². The van der Waals surface area contributed by atoms with Crippen molar-refractivity contribution in [1.29, 1.82) is 0 Å². The lowest BCUT2D eigenvalue weighted by Gasteiger charge is -2.08. The van der Waals surface area contributed by atoms with Crippen LogP contribution >= 0.6 is 0 Å². The van der Waals surface area contributed by atoms with Crippen LogP contribution in [0.1, 0.15) is 12.5 Å². The van der Waals surface area contributed by atoms with Crippen LogP contribution in [0.4, 0.5) is 0 Å². The second kappa shape index (κ2) is 4.06. The van der Waals surface area contributed by atoms with Crippen molar-refractivity contribution in [3.63, 3.8) is 0 Å². The molecule has 0 saturated heterocycles. The molecule has 0 unspecified atom stereocenters. The van der Waals surface area contributed by atoms with E-state index in [9.17, 15) is 0 Å². The van der Waals surface area contributed by atoms with Crippen LogP contribution in [0.3, 0.4) is 0 Å². The van der Waals surface area contributed by atoms with E-state index in [-0.39, 0.29) is 0 Å². The highest BCUT2D eigenvalue weighted by Gasteiger charge is 2.05. The van der Waals surface area contributed by atoms with Crippen molar-refractivity contribution in [2.75, 3.05) is 0 Å². The maximum atomic E-state index is 2.20. The smallest absolute Gasteiger partial charge is 0.0109 e. The predicted octanol–water partition coefficient (Wildman–Crippen LogP) is 4.74. The molecule has 17 heavy (non-hydrogen) atoms. The number of fused-ring (bicyclic) bond motifs is 1. The summed E-state index contributed by atoms with van der Waals surface area (Å²) in [6, 6.07) is 15.0. The number of allylic oxidation sites excluding steroid dienone is 6. The minimum Gasteiger partial charge on any atom is -0.0616 e. The summed E-state index contributed by atoms with van der Waals surface area (Å²) in [5.74, 6) is 0. The zero-order chi connectivity index (χ0) is 11.7. The molecule has 0 atom stereocenters. The Kier molecular flexibility index (Phi) is 2.41. The second-order valence-electron chi connectivity index (χ2n) is 4.33. The Morgan fingerprint density at radius 1 is 0.824 bits per heavy atom. The van der Waals surface area contributed by atoms with Gasteiger partial charge in [-0.05, 0) is 34.4 Å². The quantitative estimate of drug-likeness (QED) is 0.648. The molecule has 0 amide bonds. The van der Waals surface area contributed by atoms with Crippen LogP contribution in [0, 0.1) is 0 Å². The molecule has 2 aromatic carbocycles. The first kappa shape index (κ1) is 10.1. The summed E-state index contributed by atoms with van der Waals surface area (Å²) >= 11 is 0. The zero-order valence-corrected chi connectivity index (χ0v) is 9.85. The summed E-state index contributed by atoms with van der Waals surface area (Å²) in [7, 11) is 0. The van der Waals surface area contributed by atoms with Crippen molar-refractivity contribution >= 4 is 16.3 Å². The highest BCUT2D eigenvalue weighted by Crippen LogP contribution is 2.28. The molecule has 0 bridgehead atoms. The summed E-state index contributed by atoms with van der Waals surface area (Å²) in [5, 5.41) is 2.63. The Bertz CT molecular complexity index is 635. The SMILES string of the molecule is CC(=C1C=CC=C1)c1cccc2ccccc12. The molecular weight excluding hydrogens is 204 g/mol. The van der Waals surface area contributed by atoms with E-state index in [1.54, 1.807) is 0 Å². The van der Waals surface area contributed by atoms with Gasteiger partial charge in [-0.15, -0.1) is 0 Å². The Labute approximate surface area is 102 Å². The van der Waals surface area contributed by atoms with Crippen LogP contribution in [0.25, 0.3) is 16.3 Å². The molecule has 0 N–H and O–H groups in total. The topological polar surface area (TPSA) is 0 Å².